The Morgan fingerprint density at radius 1 is 1.07 bits per heavy atom. The molecule has 0 aliphatic rings. The summed E-state index contributed by atoms with van der Waals surface area (Å²) in [4.78, 5) is 31.1. The lowest BCUT2D eigenvalue weighted by molar-refractivity contribution is -0.118. The van der Waals surface area contributed by atoms with Crippen molar-refractivity contribution >= 4 is 45.5 Å². The number of hydrogen-bond donors (Lipinski definition) is 2. The summed E-state index contributed by atoms with van der Waals surface area (Å²) >= 11 is 1.27. The number of amides is 1. The molecule has 1 amide bonds. The predicted octanol–water partition coefficient (Wildman–Crippen LogP) is 3.16. The average Bonchev–Trinajstić information content (AvgIpc) is 3.10. The molecule has 2 heterocycles. The number of aromatic nitrogens is 4. The van der Waals surface area contributed by atoms with Gasteiger partial charge in [0.2, 0.25) is 11.1 Å². The van der Waals surface area contributed by atoms with E-state index in [1.807, 2.05) is 48.5 Å². The molecule has 0 bridgehead atoms. The van der Waals surface area contributed by atoms with Crippen LogP contribution in [0, 0.1) is 0 Å². The van der Waals surface area contributed by atoms with Crippen molar-refractivity contribution in [3.63, 3.8) is 0 Å². The van der Waals surface area contributed by atoms with Crippen molar-refractivity contribution in [2.75, 3.05) is 12.3 Å². The maximum Gasteiger partial charge on any atom is 0.216 e. The minimum absolute atomic E-state index is 0.00348. The van der Waals surface area contributed by atoms with Crippen LogP contribution in [0.3, 0.4) is 0 Å². The molecule has 2 aromatic carbocycles. The fourth-order valence-corrected chi connectivity index (χ4v) is 3.70. The number of Topliss-reactive ketones (excluding diaryl/α,β-unsaturated/α-hetero) is 1. The molecule has 29 heavy (non-hydrogen) atoms. The van der Waals surface area contributed by atoms with Gasteiger partial charge in [0, 0.05) is 29.9 Å². The number of aromatic amines is 1. The van der Waals surface area contributed by atoms with Gasteiger partial charge in [-0.1, -0.05) is 54.2 Å². The molecule has 0 fully saturated rings. The number of fused-ring (bicyclic) bond motifs is 3. The number of thioether (sulfide) groups is 1. The molecule has 7 nitrogen and oxygen atoms in total. The van der Waals surface area contributed by atoms with Gasteiger partial charge in [0.1, 0.15) is 5.52 Å². The van der Waals surface area contributed by atoms with E-state index >= 15 is 0 Å². The number of hydrogen-bond acceptors (Lipinski definition) is 6. The predicted molar refractivity (Wildman–Crippen MR) is 113 cm³/mol. The zero-order valence-electron chi connectivity index (χ0n) is 15.8. The Labute approximate surface area is 171 Å². The van der Waals surface area contributed by atoms with Gasteiger partial charge in [0.05, 0.1) is 5.75 Å². The third-order valence-corrected chi connectivity index (χ3v) is 5.34. The summed E-state index contributed by atoms with van der Waals surface area (Å²) in [5.74, 6) is 0.193. The molecule has 0 aliphatic carbocycles. The Morgan fingerprint density at radius 3 is 2.66 bits per heavy atom. The fraction of sp³-hybridized carbons (Fsp3) is 0.190. The normalized spacial score (nSPS) is 11.1. The molecule has 0 aliphatic heterocycles. The lowest BCUT2D eigenvalue weighted by Crippen LogP contribution is -2.22. The lowest BCUT2D eigenvalue weighted by atomic mass is 10.1. The molecule has 4 aromatic rings. The Kier molecular flexibility index (Phi) is 5.53. The maximum absolute atomic E-state index is 12.5. The fourth-order valence-electron chi connectivity index (χ4n) is 3.02. The van der Waals surface area contributed by atoms with E-state index in [2.05, 4.69) is 25.5 Å². The summed E-state index contributed by atoms with van der Waals surface area (Å²) in [6.45, 7) is 2.08. The topological polar surface area (TPSA) is 101 Å². The van der Waals surface area contributed by atoms with Crippen molar-refractivity contribution in [2.24, 2.45) is 0 Å². The van der Waals surface area contributed by atoms with E-state index in [1.54, 1.807) is 0 Å². The van der Waals surface area contributed by atoms with Gasteiger partial charge in [-0.15, -0.1) is 10.2 Å². The summed E-state index contributed by atoms with van der Waals surface area (Å²) in [6, 6.07) is 15.3. The van der Waals surface area contributed by atoms with Crippen molar-refractivity contribution in [1.29, 1.82) is 0 Å². The number of nitrogens with one attached hydrogen (secondary N) is 2. The highest BCUT2D eigenvalue weighted by Crippen LogP contribution is 2.23. The van der Waals surface area contributed by atoms with Crippen LogP contribution in [-0.4, -0.2) is 44.2 Å². The Balaban J connectivity index is 1.38. The van der Waals surface area contributed by atoms with E-state index in [0.717, 1.165) is 28.4 Å². The molecule has 2 aromatic heterocycles. The zero-order chi connectivity index (χ0) is 20.2. The van der Waals surface area contributed by atoms with Crippen molar-refractivity contribution in [2.45, 2.75) is 18.5 Å². The number of para-hydroxylation sites is 1. The number of carbonyl (C=O) groups excluding carboxylic acids is 2. The van der Waals surface area contributed by atoms with E-state index in [9.17, 15) is 9.59 Å². The first-order valence-corrected chi connectivity index (χ1v) is 10.2. The minimum atomic E-state index is -0.0452. The van der Waals surface area contributed by atoms with Gasteiger partial charge in [-0.05, 0) is 18.1 Å². The highest BCUT2D eigenvalue weighted by Gasteiger charge is 2.12. The van der Waals surface area contributed by atoms with E-state index in [1.165, 1.54) is 18.7 Å². The molecule has 2 N–H and O–H groups in total. The second kappa shape index (κ2) is 8.40. The largest absolute Gasteiger partial charge is 0.356 e. The lowest BCUT2D eigenvalue weighted by Gasteiger charge is -2.04. The molecule has 4 rings (SSSR count). The monoisotopic (exact) mass is 405 g/mol. The third kappa shape index (κ3) is 4.43. The van der Waals surface area contributed by atoms with Crippen molar-refractivity contribution < 1.29 is 9.59 Å². The van der Waals surface area contributed by atoms with Gasteiger partial charge in [0.15, 0.2) is 11.4 Å². The second-order valence-corrected chi connectivity index (χ2v) is 7.55. The Morgan fingerprint density at radius 2 is 1.86 bits per heavy atom. The molecule has 0 saturated carbocycles. The highest BCUT2D eigenvalue weighted by molar-refractivity contribution is 7.99. The summed E-state index contributed by atoms with van der Waals surface area (Å²) < 4.78 is 0. The third-order valence-electron chi connectivity index (χ3n) is 4.50. The first-order chi connectivity index (χ1) is 14.1. The van der Waals surface area contributed by atoms with Gasteiger partial charge in [-0.2, -0.15) is 0 Å². The molecular formula is C21H19N5O2S. The van der Waals surface area contributed by atoms with Crippen LogP contribution < -0.4 is 5.32 Å². The minimum Gasteiger partial charge on any atom is -0.356 e. The number of ketones is 1. The van der Waals surface area contributed by atoms with Gasteiger partial charge in [-0.3, -0.25) is 9.59 Å². The molecule has 0 saturated heterocycles. The Bertz CT molecular complexity index is 1190. The number of H-pyrrole nitrogens is 1. The first kappa shape index (κ1) is 19.1. The average molecular weight is 405 g/mol. The van der Waals surface area contributed by atoms with E-state index in [0.29, 0.717) is 22.9 Å². The van der Waals surface area contributed by atoms with Crippen LogP contribution in [0.1, 0.15) is 22.8 Å². The second-order valence-electron chi connectivity index (χ2n) is 6.60. The van der Waals surface area contributed by atoms with Crippen LogP contribution in [0.4, 0.5) is 0 Å². The van der Waals surface area contributed by atoms with Crippen LogP contribution in [0.2, 0.25) is 0 Å². The van der Waals surface area contributed by atoms with E-state index in [-0.39, 0.29) is 17.4 Å². The molecule has 0 radical (unpaired) electrons. The van der Waals surface area contributed by atoms with Gasteiger partial charge in [-0.25, -0.2) is 4.98 Å². The summed E-state index contributed by atoms with van der Waals surface area (Å²) in [7, 11) is 0. The van der Waals surface area contributed by atoms with Crippen LogP contribution in [0.25, 0.3) is 22.1 Å². The number of benzene rings is 2. The number of rotatable bonds is 7. The molecule has 0 unspecified atom stereocenters. The molecule has 8 heteroatoms. The summed E-state index contributed by atoms with van der Waals surface area (Å²) in [6.07, 6.45) is 0.729. The number of nitrogens with zero attached hydrogens (tertiary/aromatic N) is 3. The van der Waals surface area contributed by atoms with Gasteiger partial charge in [0.25, 0.3) is 0 Å². The van der Waals surface area contributed by atoms with Crippen LogP contribution in [-0.2, 0) is 11.2 Å². The zero-order valence-corrected chi connectivity index (χ0v) is 16.6. The quantitative estimate of drug-likeness (QED) is 0.362. The van der Waals surface area contributed by atoms with Crippen molar-refractivity contribution in [3.05, 3.63) is 59.7 Å². The van der Waals surface area contributed by atoms with E-state index < -0.39 is 0 Å². The molecular weight excluding hydrogens is 386 g/mol. The molecule has 0 spiro atoms. The summed E-state index contributed by atoms with van der Waals surface area (Å²) in [5.41, 5.74) is 4.06. The SMILES string of the molecule is CC(=O)NCCc1ccc(C(=O)CSc2nnc3c(n2)[nH]c2ccccc23)cc1. The summed E-state index contributed by atoms with van der Waals surface area (Å²) in [5, 5.41) is 12.6. The first-order valence-electron chi connectivity index (χ1n) is 9.20. The van der Waals surface area contributed by atoms with Crippen molar-refractivity contribution in [1.82, 2.24) is 25.5 Å². The molecule has 0 atom stereocenters. The van der Waals surface area contributed by atoms with Crippen LogP contribution in [0.15, 0.2) is 53.7 Å². The van der Waals surface area contributed by atoms with Gasteiger partial charge >= 0.3 is 0 Å². The smallest absolute Gasteiger partial charge is 0.216 e. The number of carbonyl (C=O) groups is 2. The molecule has 146 valence electrons. The van der Waals surface area contributed by atoms with Crippen LogP contribution in [0.5, 0.6) is 0 Å². The van der Waals surface area contributed by atoms with E-state index in [4.69, 9.17) is 0 Å². The standard InChI is InChI=1S/C21H19N5O2S/c1-13(27)22-11-10-14-6-8-15(9-7-14)18(28)12-29-21-24-20-19(25-26-21)16-4-2-3-5-17(16)23-20/h2-9H,10-12H2,1H3,(H,22,27)(H,23,24,26). The van der Waals surface area contributed by atoms with Gasteiger partial charge < -0.3 is 10.3 Å². The highest BCUT2D eigenvalue weighted by atomic mass is 32.2. The van der Waals surface area contributed by atoms with Crippen LogP contribution >= 0.6 is 11.8 Å². The Hall–Kier alpha value is -3.26. The van der Waals surface area contributed by atoms with Crippen molar-refractivity contribution in [3.8, 4) is 0 Å². The maximum atomic E-state index is 12.5.